The summed E-state index contributed by atoms with van der Waals surface area (Å²) in [5.41, 5.74) is 8.80. The van der Waals surface area contributed by atoms with Crippen molar-refractivity contribution in [3.8, 4) is 22.4 Å². The van der Waals surface area contributed by atoms with E-state index < -0.39 is 0 Å². The lowest BCUT2D eigenvalue weighted by Gasteiger charge is -2.15. The van der Waals surface area contributed by atoms with Crippen molar-refractivity contribution in [2.75, 3.05) is 0 Å². The highest BCUT2D eigenvalue weighted by Gasteiger charge is 2.11. The van der Waals surface area contributed by atoms with Gasteiger partial charge in [-0.3, -0.25) is 4.98 Å². The molecule has 0 aliphatic rings. The van der Waals surface area contributed by atoms with Crippen LogP contribution in [-0.2, 0) is 0 Å². The number of aryl methyl sites for hydroxylation is 2. The fraction of sp³-hybridized carbons (Fsp3) is 0.227. The Kier molecular flexibility index (Phi) is 4.29. The highest BCUT2D eigenvalue weighted by molar-refractivity contribution is 5.73. The molecule has 0 bridgehead atoms. The average molecular weight is 301 g/mol. The molecule has 0 amide bonds. The molecule has 116 valence electrons. The van der Waals surface area contributed by atoms with Crippen LogP contribution in [0.3, 0.4) is 0 Å². The summed E-state index contributed by atoms with van der Waals surface area (Å²) in [6, 6.07) is 19.6. The van der Waals surface area contributed by atoms with Crippen LogP contribution in [0.4, 0.5) is 0 Å². The fourth-order valence-electron chi connectivity index (χ4n) is 3.12. The van der Waals surface area contributed by atoms with Crippen molar-refractivity contribution in [1.82, 2.24) is 4.98 Å². The lowest BCUT2D eigenvalue weighted by molar-refractivity contribution is 0.868. The van der Waals surface area contributed by atoms with Gasteiger partial charge in [0.2, 0.25) is 0 Å². The zero-order valence-electron chi connectivity index (χ0n) is 14.3. The summed E-state index contributed by atoms with van der Waals surface area (Å²) in [4.78, 5) is 4.52. The molecule has 2 aromatic carbocycles. The smallest absolute Gasteiger partial charge is 0.0704 e. The van der Waals surface area contributed by atoms with Gasteiger partial charge in [-0.2, -0.15) is 0 Å². The van der Waals surface area contributed by atoms with E-state index in [9.17, 15) is 0 Å². The Bertz CT molecular complexity index is 796. The third-order valence-corrected chi connectivity index (χ3v) is 4.17. The molecule has 0 radical (unpaired) electrons. The Morgan fingerprint density at radius 1 is 0.783 bits per heavy atom. The molecule has 1 aromatic heterocycles. The first-order valence-electron chi connectivity index (χ1n) is 8.18. The van der Waals surface area contributed by atoms with Crippen LogP contribution in [0.25, 0.3) is 22.4 Å². The van der Waals surface area contributed by atoms with Crippen LogP contribution in [0, 0.1) is 13.8 Å². The van der Waals surface area contributed by atoms with E-state index in [1.807, 2.05) is 18.3 Å². The number of hydrogen-bond acceptors (Lipinski definition) is 1. The second-order valence-corrected chi connectivity index (χ2v) is 6.55. The lowest BCUT2D eigenvalue weighted by atomic mass is 9.90. The number of aromatic nitrogens is 1. The topological polar surface area (TPSA) is 12.9 Å². The molecule has 0 unspecified atom stereocenters. The minimum atomic E-state index is 0.456. The van der Waals surface area contributed by atoms with E-state index in [0.717, 1.165) is 5.69 Å². The molecule has 0 atom stereocenters. The SMILES string of the molecule is Cc1cc(C)cc(-c2ccc(-c3ccccn3)c(C(C)C)c2)c1. The molecule has 0 fully saturated rings. The molecule has 0 saturated carbocycles. The van der Waals surface area contributed by atoms with Crippen LogP contribution in [-0.4, -0.2) is 4.98 Å². The van der Waals surface area contributed by atoms with Crippen LogP contribution in [0.2, 0.25) is 0 Å². The van der Waals surface area contributed by atoms with Crippen molar-refractivity contribution >= 4 is 0 Å². The van der Waals surface area contributed by atoms with E-state index in [1.165, 1.54) is 33.4 Å². The third-order valence-electron chi connectivity index (χ3n) is 4.17. The fourth-order valence-corrected chi connectivity index (χ4v) is 3.12. The van der Waals surface area contributed by atoms with Gasteiger partial charge in [0.15, 0.2) is 0 Å². The summed E-state index contributed by atoms with van der Waals surface area (Å²) in [5, 5.41) is 0. The van der Waals surface area contributed by atoms with Gasteiger partial charge in [0, 0.05) is 11.8 Å². The Morgan fingerprint density at radius 3 is 2.13 bits per heavy atom. The first kappa shape index (κ1) is 15.5. The Morgan fingerprint density at radius 2 is 1.52 bits per heavy atom. The standard InChI is InChI=1S/C22H23N/c1-15(2)21-14-18(19-12-16(3)11-17(4)13-19)8-9-20(21)22-7-5-6-10-23-22/h5-15H,1-4H3. The van der Waals surface area contributed by atoms with Gasteiger partial charge in [-0.05, 0) is 48.6 Å². The van der Waals surface area contributed by atoms with Gasteiger partial charge in [-0.1, -0.05) is 67.4 Å². The summed E-state index contributed by atoms with van der Waals surface area (Å²) in [7, 11) is 0. The predicted octanol–water partition coefficient (Wildman–Crippen LogP) is 6.16. The monoisotopic (exact) mass is 301 g/mol. The molecule has 0 aliphatic carbocycles. The van der Waals surface area contributed by atoms with Crippen molar-refractivity contribution in [3.05, 3.63) is 77.5 Å². The summed E-state index contributed by atoms with van der Waals surface area (Å²) in [6.07, 6.45) is 1.86. The van der Waals surface area contributed by atoms with Gasteiger partial charge in [-0.15, -0.1) is 0 Å². The van der Waals surface area contributed by atoms with E-state index in [1.54, 1.807) is 0 Å². The van der Waals surface area contributed by atoms with Crippen molar-refractivity contribution in [2.45, 2.75) is 33.6 Å². The number of hydrogen-bond donors (Lipinski definition) is 0. The maximum absolute atomic E-state index is 4.52. The molecular weight excluding hydrogens is 278 g/mol. The minimum absolute atomic E-state index is 0.456. The van der Waals surface area contributed by atoms with E-state index >= 15 is 0 Å². The Balaban J connectivity index is 2.13. The largest absolute Gasteiger partial charge is 0.256 e. The molecule has 0 saturated heterocycles. The highest BCUT2D eigenvalue weighted by atomic mass is 14.7. The average Bonchev–Trinajstić information content (AvgIpc) is 2.54. The van der Waals surface area contributed by atoms with Crippen molar-refractivity contribution < 1.29 is 0 Å². The second-order valence-electron chi connectivity index (χ2n) is 6.55. The van der Waals surface area contributed by atoms with Crippen LogP contribution < -0.4 is 0 Å². The Labute approximate surface area is 139 Å². The van der Waals surface area contributed by atoms with Crippen LogP contribution >= 0.6 is 0 Å². The number of rotatable bonds is 3. The molecule has 0 aliphatic heterocycles. The second kappa shape index (κ2) is 6.37. The maximum atomic E-state index is 4.52. The molecule has 0 spiro atoms. The zero-order chi connectivity index (χ0) is 16.4. The quantitative estimate of drug-likeness (QED) is 0.565. The summed E-state index contributed by atoms with van der Waals surface area (Å²) in [6.45, 7) is 8.80. The van der Waals surface area contributed by atoms with Crippen LogP contribution in [0.5, 0.6) is 0 Å². The molecule has 0 N–H and O–H groups in total. The number of pyridine rings is 1. The molecule has 3 rings (SSSR count). The number of benzene rings is 2. The molecule has 3 aromatic rings. The summed E-state index contributed by atoms with van der Waals surface area (Å²) in [5.74, 6) is 0.456. The number of nitrogens with zero attached hydrogens (tertiary/aromatic N) is 1. The maximum Gasteiger partial charge on any atom is 0.0704 e. The molecule has 23 heavy (non-hydrogen) atoms. The van der Waals surface area contributed by atoms with Gasteiger partial charge in [0.1, 0.15) is 0 Å². The van der Waals surface area contributed by atoms with Crippen molar-refractivity contribution in [1.29, 1.82) is 0 Å². The summed E-state index contributed by atoms with van der Waals surface area (Å²) >= 11 is 0. The van der Waals surface area contributed by atoms with Crippen LogP contribution in [0.15, 0.2) is 60.8 Å². The van der Waals surface area contributed by atoms with E-state index in [0.29, 0.717) is 5.92 Å². The van der Waals surface area contributed by atoms with Gasteiger partial charge in [0.05, 0.1) is 5.69 Å². The lowest BCUT2D eigenvalue weighted by Crippen LogP contribution is -1.95. The molecule has 1 heterocycles. The van der Waals surface area contributed by atoms with Crippen LogP contribution in [0.1, 0.15) is 36.5 Å². The molecule has 1 heteroatoms. The summed E-state index contributed by atoms with van der Waals surface area (Å²) < 4.78 is 0. The first-order chi connectivity index (χ1) is 11.0. The van der Waals surface area contributed by atoms with Gasteiger partial charge >= 0.3 is 0 Å². The van der Waals surface area contributed by atoms with E-state index in [2.05, 4.69) is 75.1 Å². The Hall–Kier alpha value is -2.41. The van der Waals surface area contributed by atoms with Gasteiger partial charge < -0.3 is 0 Å². The normalized spacial score (nSPS) is 11.0. The first-order valence-corrected chi connectivity index (χ1v) is 8.18. The third kappa shape index (κ3) is 3.34. The highest BCUT2D eigenvalue weighted by Crippen LogP contribution is 2.32. The molecular formula is C22H23N. The van der Waals surface area contributed by atoms with Crippen molar-refractivity contribution in [3.63, 3.8) is 0 Å². The van der Waals surface area contributed by atoms with E-state index in [4.69, 9.17) is 0 Å². The minimum Gasteiger partial charge on any atom is -0.256 e. The predicted molar refractivity (Wildman–Crippen MR) is 98.7 cm³/mol. The van der Waals surface area contributed by atoms with Gasteiger partial charge in [-0.25, -0.2) is 0 Å². The molecule has 1 nitrogen and oxygen atoms in total. The van der Waals surface area contributed by atoms with Crippen molar-refractivity contribution in [2.24, 2.45) is 0 Å². The van der Waals surface area contributed by atoms with Gasteiger partial charge in [0.25, 0.3) is 0 Å². The zero-order valence-corrected chi connectivity index (χ0v) is 14.3. The van der Waals surface area contributed by atoms with E-state index in [-0.39, 0.29) is 0 Å².